The highest BCUT2D eigenvalue weighted by molar-refractivity contribution is 6.21. The zero-order chi connectivity index (χ0) is 36.3. The maximum absolute atomic E-state index is 12.3. The molecule has 2 amide bonds. The number of amides is 2. The molecule has 0 radical (unpaired) electrons. The van der Waals surface area contributed by atoms with Crippen LogP contribution in [-0.2, 0) is 61.6 Å². The van der Waals surface area contributed by atoms with Gasteiger partial charge in [0.1, 0.15) is 0 Å². The van der Waals surface area contributed by atoms with Gasteiger partial charge in [-0.3, -0.25) is 14.5 Å². The molecule has 16 heteroatoms. The van der Waals surface area contributed by atoms with Crippen LogP contribution in [0.4, 0.5) is 0 Å². The minimum Gasteiger partial charge on any atom is -0.382 e. The third kappa shape index (κ3) is 23.9. The second kappa shape index (κ2) is 33.7. The maximum Gasteiger partial charge on any atom is 0.261 e. The predicted molar refractivity (Wildman–Crippen MR) is 184 cm³/mol. The van der Waals surface area contributed by atoms with Crippen molar-refractivity contribution in [2.45, 2.75) is 0 Å². The van der Waals surface area contributed by atoms with E-state index in [1.807, 2.05) is 0 Å². The monoisotopic (exact) mass is 733 g/mol. The lowest BCUT2D eigenvalue weighted by atomic mass is 10.1. The first-order valence-electron chi connectivity index (χ1n) is 17.6. The summed E-state index contributed by atoms with van der Waals surface area (Å²) in [5.74, 6) is -0.558. The Labute approximate surface area is 302 Å². The lowest BCUT2D eigenvalue weighted by molar-refractivity contribution is -0.0288. The molecule has 0 fully saturated rings. The summed E-state index contributed by atoms with van der Waals surface area (Å²) in [5.41, 5.74) is 0.881. The number of rotatable bonds is 39. The Morgan fingerprint density at radius 2 is 0.569 bits per heavy atom. The van der Waals surface area contributed by atoms with Crippen molar-refractivity contribution >= 4 is 11.8 Å². The summed E-state index contributed by atoms with van der Waals surface area (Å²) in [6.07, 6.45) is 0. The van der Waals surface area contributed by atoms with E-state index in [1.54, 1.807) is 31.4 Å². The average molecular weight is 734 g/mol. The van der Waals surface area contributed by atoms with Crippen molar-refractivity contribution in [2.75, 3.05) is 179 Å². The summed E-state index contributed by atoms with van der Waals surface area (Å²) in [7, 11) is 1.64. The zero-order valence-corrected chi connectivity index (χ0v) is 30.3. The fourth-order valence-corrected chi connectivity index (χ4v) is 4.26. The molecule has 16 nitrogen and oxygen atoms in total. The highest BCUT2D eigenvalue weighted by Crippen LogP contribution is 2.21. The van der Waals surface area contributed by atoms with Gasteiger partial charge in [-0.1, -0.05) is 12.1 Å². The molecule has 0 aromatic heterocycles. The van der Waals surface area contributed by atoms with Gasteiger partial charge in [-0.05, 0) is 12.1 Å². The number of nitrogens with zero attached hydrogens (tertiary/aromatic N) is 1. The molecule has 0 N–H and O–H groups in total. The second-order valence-electron chi connectivity index (χ2n) is 10.6. The molecule has 1 aliphatic rings. The van der Waals surface area contributed by atoms with Crippen LogP contribution in [0.3, 0.4) is 0 Å². The van der Waals surface area contributed by atoms with Gasteiger partial charge in [-0.25, -0.2) is 0 Å². The summed E-state index contributed by atoms with van der Waals surface area (Å²) in [5, 5.41) is 0. The van der Waals surface area contributed by atoms with Crippen molar-refractivity contribution in [2.24, 2.45) is 0 Å². The topological polar surface area (TPSA) is 157 Å². The Morgan fingerprint density at radius 1 is 0.353 bits per heavy atom. The number of methoxy groups -OCH3 is 1. The third-order valence-electron chi connectivity index (χ3n) is 6.86. The fourth-order valence-electron chi connectivity index (χ4n) is 4.26. The van der Waals surface area contributed by atoms with E-state index < -0.39 is 0 Å². The van der Waals surface area contributed by atoms with Crippen molar-refractivity contribution in [1.82, 2.24) is 4.90 Å². The van der Waals surface area contributed by atoms with Gasteiger partial charge in [-0.15, -0.1) is 0 Å². The van der Waals surface area contributed by atoms with E-state index in [2.05, 4.69) is 0 Å². The highest BCUT2D eigenvalue weighted by atomic mass is 16.6. The molecule has 2 rings (SSSR count). The number of imide groups is 1. The quantitative estimate of drug-likeness (QED) is 0.0700. The van der Waals surface area contributed by atoms with Crippen molar-refractivity contribution in [3.8, 4) is 0 Å². The SMILES string of the molecule is COCCOCCOCCOCCOCCOCCOCCOCCOCCOCCOCCOCCOCCN1C(=O)c2ccccc2C1=O. The maximum atomic E-state index is 12.3. The minimum absolute atomic E-state index is 0.212. The number of hydrogen-bond donors (Lipinski definition) is 0. The molecule has 0 saturated carbocycles. The lowest BCUT2D eigenvalue weighted by Gasteiger charge is -2.13. The molecule has 1 heterocycles. The Kier molecular flexibility index (Phi) is 29.7. The minimum atomic E-state index is -0.279. The molecule has 0 bridgehead atoms. The van der Waals surface area contributed by atoms with Crippen LogP contribution in [0.2, 0.25) is 0 Å². The standard InChI is InChI=1S/C35H59NO15/c1-39-8-9-41-12-13-43-16-17-45-20-21-47-24-25-49-28-29-51-31-30-50-27-26-48-23-22-46-19-18-44-15-14-42-11-10-40-7-6-36-34(37)32-4-2-3-5-33(32)35(36)38/h2-5H,6-31H2,1H3. The summed E-state index contributed by atoms with van der Waals surface area (Å²) in [6, 6.07) is 6.82. The fraction of sp³-hybridized carbons (Fsp3) is 0.771. The average Bonchev–Trinajstić information content (AvgIpc) is 3.39. The number of hydrogen-bond acceptors (Lipinski definition) is 15. The molecule has 0 saturated heterocycles. The van der Waals surface area contributed by atoms with Crippen LogP contribution in [0.1, 0.15) is 20.7 Å². The first-order valence-corrected chi connectivity index (χ1v) is 17.6. The Balaban J connectivity index is 1.16. The van der Waals surface area contributed by atoms with Crippen LogP contribution in [0.5, 0.6) is 0 Å². The van der Waals surface area contributed by atoms with Crippen LogP contribution < -0.4 is 0 Å². The molecule has 0 atom stereocenters. The zero-order valence-electron chi connectivity index (χ0n) is 30.3. The molecular weight excluding hydrogens is 674 g/mol. The molecule has 1 aromatic carbocycles. The van der Waals surface area contributed by atoms with Crippen LogP contribution in [0.25, 0.3) is 0 Å². The van der Waals surface area contributed by atoms with Gasteiger partial charge in [0.2, 0.25) is 0 Å². The predicted octanol–water partition coefficient (Wildman–Crippen LogP) is 1.13. The normalized spacial score (nSPS) is 12.8. The number of fused-ring (bicyclic) bond motifs is 1. The number of carbonyl (C=O) groups excluding carboxylic acids is 2. The molecule has 1 aliphatic heterocycles. The molecule has 0 unspecified atom stereocenters. The number of benzene rings is 1. The summed E-state index contributed by atoms with van der Waals surface area (Å²) >= 11 is 0. The Bertz CT molecular complexity index is 938. The summed E-state index contributed by atoms with van der Waals surface area (Å²) in [6.45, 7) is 12.3. The van der Waals surface area contributed by atoms with Crippen LogP contribution in [0, 0.1) is 0 Å². The summed E-state index contributed by atoms with van der Waals surface area (Å²) < 4.78 is 70.3. The van der Waals surface area contributed by atoms with Gasteiger partial charge in [-0.2, -0.15) is 0 Å². The molecule has 294 valence electrons. The van der Waals surface area contributed by atoms with E-state index in [-0.39, 0.29) is 25.0 Å². The highest BCUT2D eigenvalue weighted by Gasteiger charge is 2.34. The van der Waals surface area contributed by atoms with Gasteiger partial charge in [0, 0.05) is 7.11 Å². The largest absolute Gasteiger partial charge is 0.382 e. The van der Waals surface area contributed by atoms with E-state index in [0.29, 0.717) is 170 Å². The number of ether oxygens (including phenoxy) is 13. The van der Waals surface area contributed by atoms with Gasteiger partial charge in [0.15, 0.2) is 0 Å². The Morgan fingerprint density at radius 3 is 0.804 bits per heavy atom. The second-order valence-corrected chi connectivity index (χ2v) is 10.6. The van der Waals surface area contributed by atoms with Crippen LogP contribution >= 0.6 is 0 Å². The van der Waals surface area contributed by atoms with Gasteiger partial charge in [0.25, 0.3) is 11.8 Å². The first-order chi connectivity index (χ1) is 25.3. The van der Waals surface area contributed by atoms with Crippen molar-refractivity contribution < 1.29 is 71.2 Å². The van der Waals surface area contributed by atoms with Gasteiger partial charge < -0.3 is 61.6 Å². The van der Waals surface area contributed by atoms with E-state index >= 15 is 0 Å². The van der Waals surface area contributed by atoms with E-state index in [9.17, 15) is 9.59 Å². The molecule has 0 spiro atoms. The third-order valence-corrected chi connectivity index (χ3v) is 6.86. The smallest absolute Gasteiger partial charge is 0.261 e. The molecule has 51 heavy (non-hydrogen) atoms. The first kappa shape index (κ1) is 45.0. The van der Waals surface area contributed by atoms with Gasteiger partial charge in [0.05, 0.1) is 183 Å². The van der Waals surface area contributed by atoms with E-state index in [0.717, 1.165) is 0 Å². The molecule has 1 aromatic rings. The number of carbonyl (C=O) groups is 2. The van der Waals surface area contributed by atoms with Crippen LogP contribution in [-0.4, -0.2) is 196 Å². The van der Waals surface area contributed by atoms with Crippen molar-refractivity contribution in [3.05, 3.63) is 35.4 Å². The molecular formula is C35H59NO15. The van der Waals surface area contributed by atoms with Crippen molar-refractivity contribution in [1.29, 1.82) is 0 Å². The van der Waals surface area contributed by atoms with Crippen molar-refractivity contribution in [3.63, 3.8) is 0 Å². The lowest BCUT2D eigenvalue weighted by Crippen LogP contribution is -2.33. The van der Waals surface area contributed by atoms with Crippen LogP contribution in [0.15, 0.2) is 24.3 Å². The van der Waals surface area contributed by atoms with E-state index in [1.165, 1.54) is 4.90 Å². The van der Waals surface area contributed by atoms with Gasteiger partial charge >= 0.3 is 0 Å². The summed E-state index contributed by atoms with van der Waals surface area (Å²) in [4.78, 5) is 25.8. The molecule has 0 aliphatic carbocycles. The van der Waals surface area contributed by atoms with E-state index in [4.69, 9.17) is 61.6 Å². The Hall–Kier alpha value is -2.16.